The van der Waals surface area contributed by atoms with E-state index in [2.05, 4.69) is 36.5 Å². The molecule has 0 aliphatic carbocycles. The van der Waals surface area contributed by atoms with Crippen LogP contribution in [0.15, 0.2) is 64.1 Å². The van der Waals surface area contributed by atoms with Crippen LogP contribution in [0.4, 0.5) is 36.3 Å². The maximum Gasteiger partial charge on any atom is 0.421 e. The zero-order chi connectivity index (χ0) is 28.3. The molecule has 0 aliphatic heterocycles. The van der Waals surface area contributed by atoms with E-state index in [4.69, 9.17) is 4.52 Å². The molecule has 8 nitrogen and oxygen atoms in total. The Balaban J connectivity index is 1.59. The second-order valence-electron chi connectivity index (χ2n) is 8.90. The first kappa shape index (κ1) is 28.9. The molecule has 0 fully saturated rings. The molecule has 0 spiro atoms. The Bertz CT molecular complexity index is 1530. The van der Waals surface area contributed by atoms with Crippen LogP contribution in [0.5, 0.6) is 0 Å². The lowest BCUT2D eigenvalue weighted by molar-refractivity contribution is -0.137. The van der Waals surface area contributed by atoms with Gasteiger partial charge in [0.1, 0.15) is 11.4 Å². The van der Waals surface area contributed by atoms with Gasteiger partial charge < -0.3 is 24.8 Å². The minimum absolute atomic E-state index is 0.0523. The van der Waals surface area contributed by atoms with Gasteiger partial charge in [0.2, 0.25) is 5.95 Å². The largest absolute Gasteiger partial charge is 0.421 e. The van der Waals surface area contributed by atoms with Gasteiger partial charge in [0, 0.05) is 50.0 Å². The van der Waals surface area contributed by atoms with Crippen molar-refractivity contribution in [1.29, 1.82) is 0 Å². The third-order valence-electron chi connectivity index (χ3n) is 5.97. The average molecular weight is 624 g/mol. The zero-order valence-corrected chi connectivity index (χ0v) is 23.8. The number of rotatable bonds is 9. The van der Waals surface area contributed by atoms with Gasteiger partial charge in [-0.3, -0.25) is 4.79 Å². The molecule has 3 atom stereocenters. The zero-order valence-electron chi connectivity index (χ0n) is 21.2. The fourth-order valence-electron chi connectivity index (χ4n) is 3.58. The summed E-state index contributed by atoms with van der Waals surface area (Å²) in [5, 5.41) is 15.9. The van der Waals surface area contributed by atoms with Crippen LogP contribution in [0.2, 0.25) is 0 Å². The van der Waals surface area contributed by atoms with Crippen LogP contribution in [0.3, 0.4) is 0 Å². The van der Waals surface area contributed by atoms with E-state index < -0.39 is 23.7 Å². The van der Waals surface area contributed by atoms with Crippen LogP contribution in [-0.4, -0.2) is 31.8 Å². The molecule has 2 aromatic heterocycles. The molecule has 2 aromatic carbocycles. The maximum atomic E-state index is 13.8. The van der Waals surface area contributed by atoms with Crippen molar-refractivity contribution in [3.05, 3.63) is 80.8 Å². The Morgan fingerprint density at radius 2 is 1.85 bits per heavy atom. The summed E-state index contributed by atoms with van der Waals surface area (Å²) >= 11 is 3.39. The third kappa shape index (κ3) is 6.94. The number of halogens is 4. The van der Waals surface area contributed by atoms with Crippen molar-refractivity contribution in [3.63, 3.8) is 0 Å². The van der Waals surface area contributed by atoms with Crippen molar-refractivity contribution in [2.24, 2.45) is 7.05 Å². The van der Waals surface area contributed by atoms with E-state index in [1.807, 2.05) is 12.1 Å². The highest BCUT2D eigenvalue weighted by Gasteiger charge is 2.35. The van der Waals surface area contributed by atoms with Crippen LogP contribution < -0.4 is 16.2 Å². The summed E-state index contributed by atoms with van der Waals surface area (Å²) in [7, 11) is 1.74. The molecule has 3 unspecified atom stereocenters. The lowest BCUT2D eigenvalue weighted by Crippen LogP contribution is -2.19. The number of aryl methyl sites for hydroxylation is 1. The first-order valence-electron chi connectivity index (χ1n) is 11.9. The molecule has 206 valence electrons. The van der Waals surface area contributed by atoms with Crippen molar-refractivity contribution in [2.75, 3.05) is 10.6 Å². The quantitative estimate of drug-likeness (QED) is 0.184. The highest BCUT2D eigenvalue weighted by atomic mass is 79.9. The predicted octanol–water partition coefficient (Wildman–Crippen LogP) is 6.48. The summed E-state index contributed by atoms with van der Waals surface area (Å²) in [5.41, 5.74) is 0.315. The Morgan fingerprint density at radius 1 is 1.13 bits per heavy atom. The lowest BCUT2D eigenvalue weighted by Gasteiger charge is -2.16. The van der Waals surface area contributed by atoms with Gasteiger partial charge in [-0.25, -0.2) is 4.98 Å². The first-order chi connectivity index (χ1) is 18.4. The van der Waals surface area contributed by atoms with Crippen molar-refractivity contribution in [2.45, 2.75) is 38.4 Å². The highest BCUT2D eigenvalue weighted by Crippen LogP contribution is 2.37. The molecule has 0 bridgehead atoms. The molecule has 0 saturated heterocycles. The second kappa shape index (κ2) is 12.0. The normalized spacial score (nSPS) is 13.6. The van der Waals surface area contributed by atoms with Crippen LogP contribution in [0, 0.1) is 0 Å². The van der Waals surface area contributed by atoms with E-state index in [0.717, 1.165) is 5.56 Å². The summed E-state index contributed by atoms with van der Waals surface area (Å²) in [6.45, 7) is 3.47. The molecule has 2 heterocycles. The van der Waals surface area contributed by atoms with Crippen molar-refractivity contribution < 1.29 is 22.8 Å². The molecular formula is C26H26BrF3N5O3P. The molecular weight excluding hydrogens is 598 g/mol. The van der Waals surface area contributed by atoms with E-state index in [1.165, 1.54) is 10.6 Å². The van der Waals surface area contributed by atoms with Gasteiger partial charge in [-0.1, -0.05) is 28.1 Å². The van der Waals surface area contributed by atoms with E-state index in [0.29, 0.717) is 27.9 Å². The number of nitrogens with zero attached hydrogens (tertiary/aromatic N) is 3. The molecule has 0 aliphatic rings. The summed E-state index contributed by atoms with van der Waals surface area (Å²) < 4.78 is 49.1. The molecule has 3 N–H and O–H groups in total. The highest BCUT2D eigenvalue weighted by molar-refractivity contribution is 9.10. The van der Waals surface area contributed by atoms with Gasteiger partial charge in [0.15, 0.2) is 0 Å². The smallest absolute Gasteiger partial charge is 0.391 e. The number of alkyl halides is 3. The second-order valence-corrected chi connectivity index (χ2v) is 10.6. The Kier molecular flexibility index (Phi) is 8.90. The third-order valence-corrected chi connectivity index (χ3v) is 7.76. The first-order valence-corrected chi connectivity index (χ1v) is 13.8. The van der Waals surface area contributed by atoms with Crippen LogP contribution in [0.25, 0.3) is 10.8 Å². The van der Waals surface area contributed by atoms with E-state index >= 15 is 0 Å². The molecule has 13 heteroatoms. The monoisotopic (exact) mass is 623 g/mol. The number of fused-ring (bicyclic) bond motifs is 1. The van der Waals surface area contributed by atoms with Gasteiger partial charge in [-0.2, -0.15) is 18.2 Å². The van der Waals surface area contributed by atoms with E-state index in [1.54, 1.807) is 51.4 Å². The molecule has 4 aromatic rings. The molecule has 0 amide bonds. The van der Waals surface area contributed by atoms with Crippen molar-refractivity contribution in [1.82, 2.24) is 14.5 Å². The van der Waals surface area contributed by atoms with Crippen LogP contribution in [0.1, 0.15) is 25.0 Å². The number of nitrogens with one attached hydrogen (secondary N) is 2. The van der Waals surface area contributed by atoms with Gasteiger partial charge in [-0.15, -0.1) is 0 Å². The fourth-order valence-corrected chi connectivity index (χ4v) is 4.99. The number of hydrogen-bond acceptors (Lipinski definition) is 7. The Labute approximate surface area is 232 Å². The van der Waals surface area contributed by atoms with Gasteiger partial charge in [-0.05, 0) is 49.7 Å². The minimum atomic E-state index is -4.73. The lowest BCUT2D eigenvalue weighted by atomic mass is 10.1. The number of aromatic nitrogens is 3. The average Bonchev–Trinajstić information content (AvgIpc) is 2.88. The van der Waals surface area contributed by atoms with Crippen molar-refractivity contribution in [3.8, 4) is 0 Å². The molecule has 0 radical (unpaired) electrons. The number of anilines is 4. The summed E-state index contributed by atoms with van der Waals surface area (Å²) in [4.78, 5) is 20.8. The number of benzene rings is 2. The van der Waals surface area contributed by atoms with Crippen molar-refractivity contribution >= 4 is 58.7 Å². The standard InChI is InChI=1S/C26H26BrF3N5O3P/c1-14(36)15(2)38-39-13-16-4-6-17(7-5-16)32-25-31-12-19(26(28,29)30)23(34-25)33-21-9-8-20(27)18-10-11-35(3)24(37)22(18)21/h4-12,14-15,36,39H,13H2,1-3H3,(H2,31,32,33,34). The SMILES string of the molecule is CC(O)C(C)OPCc1ccc(Nc2ncc(C(F)(F)F)c(Nc3ccc(Br)c4ccn(C)c(=O)c34)n2)cc1. The Hall–Kier alpha value is -3.05. The predicted molar refractivity (Wildman–Crippen MR) is 151 cm³/mol. The van der Waals surface area contributed by atoms with E-state index in [-0.39, 0.29) is 37.5 Å². The van der Waals surface area contributed by atoms with Gasteiger partial charge >= 0.3 is 6.18 Å². The number of aliphatic hydroxyl groups excluding tert-OH is 1. The summed E-state index contributed by atoms with van der Waals surface area (Å²) in [5.74, 6) is -0.541. The summed E-state index contributed by atoms with van der Waals surface area (Å²) in [6.07, 6.45) is -2.60. The Morgan fingerprint density at radius 3 is 2.51 bits per heavy atom. The van der Waals surface area contributed by atoms with Crippen LogP contribution in [-0.2, 0) is 23.9 Å². The molecule has 0 saturated carbocycles. The van der Waals surface area contributed by atoms with Crippen LogP contribution >= 0.6 is 24.7 Å². The minimum Gasteiger partial charge on any atom is -0.391 e. The number of aliphatic hydroxyl groups is 1. The number of hydrogen-bond donors (Lipinski definition) is 3. The van der Waals surface area contributed by atoms with Gasteiger partial charge in [0.05, 0.1) is 23.3 Å². The van der Waals surface area contributed by atoms with E-state index in [9.17, 15) is 23.1 Å². The molecule has 39 heavy (non-hydrogen) atoms. The van der Waals surface area contributed by atoms with Gasteiger partial charge in [0.25, 0.3) is 5.56 Å². The maximum absolute atomic E-state index is 13.8. The molecule has 4 rings (SSSR count). The summed E-state index contributed by atoms with van der Waals surface area (Å²) in [6, 6.07) is 12.1. The fraction of sp³-hybridized carbons (Fsp3) is 0.269. The topological polar surface area (TPSA) is 101 Å². The number of pyridine rings is 1.